The summed E-state index contributed by atoms with van der Waals surface area (Å²) in [5.74, 6) is 0.310. The Hall–Kier alpha value is -5.51. The van der Waals surface area contributed by atoms with Crippen molar-refractivity contribution in [2.75, 3.05) is 12.4 Å². The smallest absolute Gasteiger partial charge is 0.311 e. The van der Waals surface area contributed by atoms with E-state index in [2.05, 4.69) is 56.9 Å². The van der Waals surface area contributed by atoms with Crippen LogP contribution < -0.4 is 5.32 Å². The molecule has 0 saturated heterocycles. The van der Waals surface area contributed by atoms with Crippen molar-refractivity contribution in [2.24, 2.45) is 17.8 Å². The summed E-state index contributed by atoms with van der Waals surface area (Å²) in [6.45, 7) is 0. The van der Waals surface area contributed by atoms with E-state index in [1.807, 2.05) is 59.3 Å². The van der Waals surface area contributed by atoms with Crippen LogP contribution in [0.1, 0.15) is 42.4 Å². The molecule has 3 heterocycles. The van der Waals surface area contributed by atoms with Crippen molar-refractivity contribution in [3.05, 3.63) is 132 Å². The number of carbonyl (C=O) groups excluding carboxylic acids is 1. The molecular weight excluding hydrogens is 605 g/mol. The number of anilines is 1. The second-order valence-electron chi connectivity index (χ2n) is 12.7. The first-order chi connectivity index (χ1) is 23.6. The van der Waals surface area contributed by atoms with Crippen LogP contribution in [0.2, 0.25) is 0 Å². The number of carbonyl (C=O) groups is 1. The maximum atomic E-state index is 15.0. The lowest BCUT2D eigenvalue weighted by Crippen LogP contribution is -2.51. The normalized spacial score (nSPS) is 20.5. The molecule has 2 bridgehead atoms. The molecular formula is C38H34FN7O2. The van der Waals surface area contributed by atoms with Gasteiger partial charge in [-0.3, -0.25) is 4.79 Å². The van der Waals surface area contributed by atoms with E-state index in [1.54, 1.807) is 6.20 Å². The summed E-state index contributed by atoms with van der Waals surface area (Å²) in [5.41, 5.74) is 2.64. The molecule has 2 atom stereocenters. The number of methoxy groups -OCH3 is 1. The number of ether oxygens (including phenoxy) is 1. The molecule has 9 rings (SSSR count). The number of halogens is 1. The predicted molar refractivity (Wildman–Crippen MR) is 179 cm³/mol. The highest BCUT2D eigenvalue weighted by molar-refractivity contribution is 5.90. The van der Waals surface area contributed by atoms with E-state index >= 15 is 4.39 Å². The molecule has 3 aliphatic rings. The summed E-state index contributed by atoms with van der Waals surface area (Å²) >= 11 is 0. The highest BCUT2D eigenvalue weighted by Gasteiger charge is 2.48. The second kappa shape index (κ2) is 12.3. The number of benzene rings is 3. The molecule has 0 aliphatic heterocycles. The molecule has 3 aliphatic carbocycles. The third-order valence-corrected chi connectivity index (χ3v) is 10.2. The number of pyridine rings is 1. The highest BCUT2D eigenvalue weighted by Crippen LogP contribution is 2.47. The van der Waals surface area contributed by atoms with E-state index in [0.717, 1.165) is 42.4 Å². The Kier molecular flexibility index (Phi) is 7.63. The maximum absolute atomic E-state index is 15.0. The Labute approximate surface area is 277 Å². The van der Waals surface area contributed by atoms with Crippen LogP contribution in [0.15, 0.2) is 109 Å². The zero-order valence-electron chi connectivity index (χ0n) is 26.4. The van der Waals surface area contributed by atoms with Gasteiger partial charge in [0.25, 0.3) is 0 Å². The third kappa shape index (κ3) is 4.90. The van der Waals surface area contributed by atoms with E-state index < -0.39 is 11.4 Å². The van der Waals surface area contributed by atoms with Gasteiger partial charge in [0, 0.05) is 6.04 Å². The minimum absolute atomic E-state index is 0.134. The average Bonchev–Trinajstić information content (AvgIpc) is 3.52. The predicted octanol–water partition coefficient (Wildman–Crippen LogP) is 6.65. The largest absolute Gasteiger partial charge is 0.469 e. The van der Waals surface area contributed by atoms with Gasteiger partial charge in [0.1, 0.15) is 22.9 Å². The van der Waals surface area contributed by atoms with E-state index in [0.29, 0.717) is 28.5 Å². The van der Waals surface area contributed by atoms with Crippen molar-refractivity contribution in [3.8, 4) is 11.5 Å². The molecule has 0 spiro atoms. The van der Waals surface area contributed by atoms with Crippen molar-refractivity contribution >= 4 is 22.8 Å². The first-order valence-corrected chi connectivity index (χ1v) is 16.3. The van der Waals surface area contributed by atoms with Crippen LogP contribution in [0, 0.1) is 23.6 Å². The summed E-state index contributed by atoms with van der Waals surface area (Å²) in [4.78, 5) is 22.4. The van der Waals surface area contributed by atoms with Gasteiger partial charge in [0.15, 0.2) is 5.65 Å². The highest BCUT2D eigenvalue weighted by atomic mass is 19.1. The molecule has 48 heavy (non-hydrogen) atoms. The van der Waals surface area contributed by atoms with Crippen LogP contribution in [-0.2, 0) is 15.1 Å². The monoisotopic (exact) mass is 639 g/mol. The molecule has 0 unspecified atom stereocenters. The number of hydrogen-bond donors (Lipinski definition) is 1. The number of nitrogens with zero attached hydrogens (tertiary/aromatic N) is 6. The van der Waals surface area contributed by atoms with Crippen LogP contribution in [0.3, 0.4) is 0 Å². The standard InChI is InChI=1S/C38H34FN7O2/c1-48-37(47)32-24-17-19-25(20-18-24)33(32)42-31-23-41-44-35(43-31)34-30-21-29(39)22-40-36(30)46(45-34)38(26-11-5-2-6-12-26,27-13-7-3-8-14-27)28-15-9-4-10-16-28/h2-16,21-25,32-33H,17-20H2,1H3,(H,42,43,44)/t24?,25?,32-,33-/m0/s1. The topological polar surface area (TPSA) is 108 Å². The van der Waals surface area contributed by atoms with Crippen LogP contribution in [0.4, 0.5) is 10.2 Å². The lowest BCUT2D eigenvalue weighted by Gasteiger charge is -2.47. The Morgan fingerprint density at radius 1 is 0.854 bits per heavy atom. The summed E-state index contributed by atoms with van der Waals surface area (Å²) in [5, 5.41) is 17.9. The van der Waals surface area contributed by atoms with Crippen molar-refractivity contribution < 1.29 is 13.9 Å². The first kappa shape index (κ1) is 29.9. The van der Waals surface area contributed by atoms with Gasteiger partial charge >= 0.3 is 5.97 Å². The van der Waals surface area contributed by atoms with E-state index in [9.17, 15) is 4.79 Å². The van der Waals surface area contributed by atoms with Crippen LogP contribution >= 0.6 is 0 Å². The molecule has 9 nitrogen and oxygen atoms in total. The van der Waals surface area contributed by atoms with Gasteiger partial charge < -0.3 is 10.1 Å². The molecule has 3 fully saturated rings. The number of rotatable bonds is 8. The lowest BCUT2D eigenvalue weighted by molar-refractivity contribution is -0.152. The number of nitrogens with one attached hydrogen (secondary N) is 1. The molecule has 6 aromatic rings. The molecule has 240 valence electrons. The van der Waals surface area contributed by atoms with Gasteiger partial charge in [-0.15, -0.1) is 5.10 Å². The number of fused-ring (bicyclic) bond motifs is 4. The molecule has 1 N–H and O–H groups in total. The molecule has 3 aromatic carbocycles. The van der Waals surface area contributed by atoms with Gasteiger partial charge in [-0.1, -0.05) is 91.0 Å². The molecule has 10 heteroatoms. The van der Waals surface area contributed by atoms with Gasteiger partial charge in [0.2, 0.25) is 5.82 Å². The fourth-order valence-corrected chi connectivity index (χ4v) is 8.06. The molecule has 3 aromatic heterocycles. The Morgan fingerprint density at radius 3 is 2.02 bits per heavy atom. The van der Waals surface area contributed by atoms with Crippen molar-refractivity contribution in [3.63, 3.8) is 0 Å². The molecule has 0 amide bonds. The van der Waals surface area contributed by atoms with E-state index in [1.165, 1.54) is 19.4 Å². The van der Waals surface area contributed by atoms with Crippen molar-refractivity contribution in [2.45, 2.75) is 37.3 Å². The Balaban J connectivity index is 1.32. The van der Waals surface area contributed by atoms with E-state index in [4.69, 9.17) is 14.8 Å². The SMILES string of the molecule is COC(=O)[C@H]1C2CCC(CC2)[C@@H]1Nc1cnnc(-c2nn(C(c3ccccc3)(c3ccccc3)c3ccccc3)c3ncc(F)cc23)n1. The van der Waals surface area contributed by atoms with Gasteiger partial charge in [-0.2, -0.15) is 10.2 Å². The van der Waals surface area contributed by atoms with Gasteiger partial charge in [-0.05, 0) is 60.3 Å². The lowest BCUT2D eigenvalue weighted by atomic mass is 9.61. The number of hydrogen-bond acceptors (Lipinski definition) is 8. The van der Waals surface area contributed by atoms with Crippen LogP contribution in [0.5, 0.6) is 0 Å². The van der Waals surface area contributed by atoms with Crippen molar-refractivity contribution in [1.29, 1.82) is 0 Å². The van der Waals surface area contributed by atoms with E-state index in [-0.39, 0.29) is 29.7 Å². The Morgan fingerprint density at radius 2 is 1.44 bits per heavy atom. The average molecular weight is 640 g/mol. The molecule has 0 radical (unpaired) electrons. The summed E-state index contributed by atoms with van der Waals surface area (Å²) < 4.78 is 22.1. The Bertz CT molecular complexity index is 1970. The van der Waals surface area contributed by atoms with Gasteiger partial charge in [-0.25, -0.2) is 19.0 Å². The second-order valence-corrected chi connectivity index (χ2v) is 12.7. The number of esters is 1. The summed E-state index contributed by atoms with van der Waals surface area (Å²) in [7, 11) is 1.45. The number of aromatic nitrogens is 6. The first-order valence-electron chi connectivity index (χ1n) is 16.3. The zero-order valence-corrected chi connectivity index (χ0v) is 26.4. The zero-order chi connectivity index (χ0) is 32.7. The quantitative estimate of drug-likeness (QED) is 0.146. The minimum Gasteiger partial charge on any atom is -0.469 e. The maximum Gasteiger partial charge on any atom is 0.311 e. The molecule has 3 saturated carbocycles. The van der Waals surface area contributed by atoms with Crippen LogP contribution in [-0.4, -0.2) is 49.1 Å². The van der Waals surface area contributed by atoms with Gasteiger partial charge in [0.05, 0.1) is 30.8 Å². The van der Waals surface area contributed by atoms with Crippen molar-refractivity contribution in [1.82, 2.24) is 29.9 Å². The minimum atomic E-state index is -0.997. The third-order valence-electron chi connectivity index (χ3n) is 10.2. The summed E-state index contributed by atoms with van der Waals surface area (Å²) in [6.07, 6.45) is 6.88. The fraction of sp³-hybridized carbons (Fsp3) is 0.263. The summed E-state index contributed by atoms with van der Waals surface area (Å²) in [6, 6.07) is 31.6. The fourth-order valence-electron chi connectivity index (χ4n) is 8.06. The van der Waals surface area contributed by atoms with Crippen LogP contribution in [0.25, 0.3) is 22.6 Å².